The smallest absolute Gasteiger partial charge is 0.271 e. The second kappa shape index (κ2) is 10.1. The number of amidine groups is 1. The number of nitro benzene ring substituents is 1. The number of halogens is 1. The van der Waals surface area contributed by atoms with Gasteiger partial charge in [-0.05, 0) is 25.8 Å². The van der Waals surface area contributed by atoms with Crippen molar-refractivity contribution in [3.8, 4) is 0 Å². The fourth-order valence-corrected chi connectivity index (χ4v) is 3.16. The van der Waals surface area contributed by atoms with Gasteiger partial charge in [0.2, 0.25) is 0 Å². The summed E-state index contributed by atoms with van der Waals surface area (Å²) >= 11 is 0. The molecule has 0 saturated carbocycles. The van der Waals surface area contributed by atoms with Crippen molar-refractivity contribution in [3.05, 3.63) is 69.8 Å². The summed E-state index contributed by atoms with van der Waals surface area (Å²) in [6.07, 6.45) is 3.90. The molecule has 3 rings (SSSR count). The Hall–Kier alpha value is -2.54. The van der Waals surface area contributed by atoms with Gasteiger partial charge in [-0.1, -0.05) is 42.3 Å². The zero-order valence-electron chi connectivity index (χ0n) is 15.8. The largest absolute Gasteiger partial charge is 0.322 e. The van der Waals surface area contributed by atoms with Crippen LogP contribution in [0.15, 0.2) is 53.5 Å². The standard InChI is InChI=1S/C21H23N3O3.BrH/c1-16-9-11-17(12-10-16)20(25)15-23(21-8-3-2-4-13-22-21)18-6-5-7-19(14-18)24(26)27;/h5-7,9-12,14H,2-4,8,13,15H2,1H3;1H. The summed E-state index contributed by atoms with van der Waals surface area (Å²) < 4.78 is 0. The summed E-state index contributed by atoms with van der Waals surface area (Å²) in [4.78, 5) is 30.1. The second-order valence-electron chi connectivity index (χ2n) is 6.76. The Morgan fingerprint density at radius 3 is 2.61 bits per heavy atom. The Morgan fingerprint density at radius 1 is 1.14 bits per heavy atom. The Bertz CT molecular complexity index is 865. The van der Waals surface area contributed by atoms with Gasteiger partial charge in [0, 0.05) is 36.3 Å². The number of carbonyl (C=O) groups is 1. The Labute approximate surface area is 175 Å². The lowest BCUT2D eigenvalue weighted by Crippen LogP contribution is -2.36. The first kappa shape index (κ1) is 21.8. The normalized spacial score (nSPS) is 13.7. The highest BCUT2D eigenvalue weighted by molar-refractivity contribution is 8.93. The van der Waals surface area contributed by atoms with Gasteiger partial charge in [-0.3, -0.25) is 19.9 Å². The molecule has 0 spiro atoms. The van der Waals surface area contributed by atoms with Crippen molar-refractivity contribution in [3.63, 3.8) is 0 Å². The molecule has 1 heterocycles. The number of nitrogens with zero attached hydrogens (tertiary/aromatic N) is 3. The van der Waals surface area contributed by atoms with E-state index in [4.69, 9.17) is 0 Å². The van der Waals surface area contributed by atoms with Crippen LogP contribution in [0.5, 0.6) is 0 Å². The van der Waals surface area contributed by atoms with E-state index in [0.29, 0.717) is 11.3 Å². The van der Waals surface area contributed by atoms with Crippen molar-refractivity contribution >= 4 is 40.0 Å². The third-order valence-electron chi connectivity index (χ3n) is 4.69. The van der Waals surface area contributed by atoms with Crippen molar-refractivity contribution in [2.24, 2.45) is 4.99 Å². The highest BCUT2D eigenvalue weighted by Crippen LogP contribution is 2.24. The van der Waals surface area contributed by atoms with Crippen LogP contribution >= 0.6 is 17.0 Å². The summed E-state index contributed by atoms with van der Waals surface area (Å²) in [5.74, 6) is 0.793. The third kappa shape index (κ3) is 5.48. The van der Waals surface area contributed by atoms with Crippen LogP contribution in [0.25, 0.3) is 0 Å². The van der Waals surface area contributed by atoms with Gasteiger partial charge in [0.05, 0.1) is 11.5 Å². The van der Waals surface area contributed by atoms with E-state index in [-0.39, 0.29) is 35.0 Å². The minimum atomic E-state index is -0.418. The van der Waals surface area contributed by atoms with Crippen LogP contribution in [-0.4, -0.2) is 29.6 Å². The van der Waals surface area contributed by atoms with E-state index in [0.717, 1.165) is 43.6 Å². The van der Waals surface area contributed by atoms with E-state index in [1.54, 1.807) is 12.1 Å². The van der Waals surface area contributed by atoms with Crippen LogP contribution in [0.1, 0.15) is 41.6 Å². The molecule has 0 fully saturated rings. The van der Waals surface area contributed by atoms with Gasteiger partial charge in [-0.2, -0.15) is 0 Å². The van der Waals surface area contributed by atoms with E-state index in [9.17, 15) is 14.9 Å². The van der Waals surface area contributed by atoms with Crippen molar-refractivity contribution in [1.82, 2.24) is 0 Å². The van der Waals surface area contributed by atoms with E-state index >= 15 is 0 Å². The van der Waals surface area contributed by atoms with Crippen LogP contribution < -0.4 is 4.90 Å². The minimum Gasteiger partial charge on any atom is -0.322 e. The number of benzene rings is 2. The number of nitro groups is 1. The molecule has 0 N–H and O–H groups in total. The highest BCUT2D eigenvalue weighted by Gasteiger charge is 2.21. The SMILES string of the molecule is Br.Cc1ccc(C(=O)CN(C2=NCCCCC2)c2cccc([N+](=O)[O-])c2)cc1. The summed E-state index contributed by atoms with van der Waals surface area (Å²) in [5.41, 5.74) is 2.36. The van der Waals surface area contributed by atoms with Crippen molar-refractivity contribution in [1.29, 1.82) is 0 Å². The monoisotopic (exact) mass is 445 g/mol. The van der Waals surface area contributed by atoms with Crippen molar-refractivity contribution < 1.29 is 9.72 Å². The molecule has 28 heavy (non-hydrogen) atoms. The molecule has 0 aromatic heterocycles. The van der Waals surface area contributed by atoms with Crippen LogP contribution in [0.2, 0.25) is 0 Å². The molecule has 0 bridgehead atoms. The van der Waals surface area contributed by atoms with Gasteiger partial charge in [0.25, 0.3) is 5.69 Å². The van der Waals surface area contributed by atoms with E-state index < -0.39 is 4.92 Å². The number of aliphatic imine (C=N–C) groups is 1. The Balaban J connectivity index is 0.00000280. The lowest BCUT2D eigenvalue weighted by Gasteiger charge is -2.25. The number of hydrogen-bond acceptors (Lipinski definition) is 5. The molecule has 0 amide bonds. The maximum atomic E-state index is 12.9. The fourth-order valence-electron chi connectivity index (χ4n) is 3.16. The van der Waals surface area contributed by atoms with E-state index in [2.05, 4.69) is 4.99 Å². The highest BCUT2D eigenvalue weighted by atomic mass is 79.9. The van der Waals surface area contributed by atoms with E-state index in [1.165, 1.54) is 12.1 Å². The van der Waals surface area contributed by atoms with Crippen LogP contribution in [0.3, 0.4) is 0 Å². The summed E-state index contributed by atoms with van der Waals surface area (Å²) in [7, 11) is 0. The van der Waals surface area contributed by atoms with Gasteiger partial charge >= 0.3 is 0 Å². The molecule has 0 saturated heterocycles. The van der Waals surface area contributed by atoms with Crippen molar-refractivity contribution in [2.45, 2.75) is 32.6 Å². The molecule has 0 unspecified atom stereocenters. The number of aryl methyl sites for hydroxylation is 1. The first-order valence-corrected chi connectivity index (χ1v) is 9.20. The molecule has 2 aromatic carbocycles. The van der Waals surface area contributed by atoms with E-state index in [1.807, 2.05) is 36.1 Å². The van der Waals surface area contributed by atoms with Gasteiger partial charge in [-0.15, -0.1) is 17.0 Å². The number of non-ortho nitro benzene ring substituents is 1. The lowest BCUT2D eigenvalue weighted by molar-refractivity contribution is -0.384. The van der Waals surface area contributed by atoms with Crippen LogP contribution in [0.4, 0.5) is 11.4 Å². The van der Waals surface area contributed by atoms with Crippen LogP contribution in [0, 0.1) is 17.0 Å². The molecule has 1 aliphatic rings. The lowest BCUT2D eigenvalue weighted by atomic mass is 10.1. The van der Waals surface area contributed by atoms with Crippen molar-refractivity contribution in [2.75, 3.05) is 18.0 Å². The number of Topliss-reactive ketones (excluding diaryl/α,β-unsaturated/α-hetero) is 1. The van der Waals surface area contributed by atoms with Gasteiger partial charge < -0.3 is 4.90 Å². The topological polar surface area (TPSA) is 75.8 Å². The number of carbonyl (C=O) groups excluding carboxylic acids is 1. The summed E-state index contributed by atoms with van der Waals surface area (Å²) in [5, 5.41) is 11.2. The molecule has 6 nitrogen and oxygen atoms in total. The molecule has 148 valence electrons. The van der Waals surface area contributed by atoms with Gasteiger partial charge in [-0.25, -0.2) is 0 Å². The fraction of sp³-hybridized carbons (Fsp3) is 0.333. The molecule has 0 atom stereocenters. The number of ketones is 1. The average molecular weight is 446 g/mol. The maximum absolute atomic E-state index is 12.9. The first-order valence-electron chi connectivity index (χ1n) is 9.20. The molecule has 2 aromatic rings. The molecule has 0 aliphatic carbocycles. The zero-order chi connectivity index (χ0) is 19.2. The third-order valence-corrected chi connectivity index (χ3v) is 4.69. The van der Waals surface area contributed by atoms with Gasteiger partial charge in [0.1, 0.15) is 5.84 Å². The predicted molar refractivity (Wildman–Crippen MR) is 117 cm³/mol. The first-order chi connectivity index (χ1) is 13.0. The number of anilines is 1. The molecule has 7 heteroatoms. The minimum absolute atomic E-state index is 0. The average Bonchev–Trinajstić information content (AvgIpc) is 2.96. The maximum Gasteiger partial charge on any atom is 0.271 e. The molecular formula is C21H24BrN3O3. The molecule has 0 radical (unpaired) electrons. The Morgan fingerprint density at radius 2 is 1.89 bits per heavy atom. The summed E-state index contributed by atoms with van der Waals surface area (Å²) in [6.45, 7) is 2.81. The Kier molecular flexibility index (Phi) is 7.87. The molecule has 1 aliphatic heterocycles. The molecular weight excluding hydrogens is 422 g/mol. The zero-order valence-corrected chi connectivity index (χ0v) is 17.5. The number of rotatable bonds is 5. The van der Waals surface area contributed by atoms with Gasteiger partial charge in [0.15, 0.2) is 5.78 Å². The number of hydrogen-bond donors (Lipinski definition) is 0. The summed E-state index contributed by atoms with van der Waals surface area (Å²) in [6, 6.07) is 13.9. The quantitative estimate of drug-likeness (QED) is 0.362. The second-order valence-corrected chi connectivity index (χ2v) is 6.76. The predicted octanol–water partition coefficient (Wildman–Crippen LogP) is 5.14. The van der Waals surface area contributed by atoms with Crippen LogP contribution in [-0.2, 0) is 0 Å².